The van der Waals surface area contributed by atoms with Crippen molar-refractivity contribution in [1.82, 2.24) is 0 Å². The maximum atomic E-state index is 12.1. The molecule has 1 N–H and O–H groups in total. The Morgan fingerprint density at radius 3 is 2.80 bits per heavy atom. The first-order chi connectivity index (χ1) is 12.2. The third kappa shape index (κ3) is 2.93. The predicted molar refractivity (Wildman–Crippen MR) is 100 cm³/mol. The van der Waals surface area contributed by atoms with Crippen LogP contribution in [0, 0.1) is 5.92 Å². The second kappa shape index (κ2) is 6.57. The number of halogens is 1. The van der Waals surface area contributed by atoms with Gasteiger partial charge in [0.2, 0.25) is 0 Å². The summed E-state index contributed by atoms with van der Waals surface area (Å²) in [6.07, 6.45) is 5.53. The van der Waals surface area contributed by atoms with E-state index in [0.717, 1.165) is 17.1 Å². The molecule has 2 aromatic carbocycles. The van der Waals surface area contributed by atoms with E-state index in [9.17, 15) is 4.79 Å². The largest absolute Gasteiger partial charge is 0.462 e. The van der Waals surface area contributed by atoms with Crippen molar-refractivity contribution in [3.05, 3.63) is 76.3 Å². The highest BCUT2D eigenvalue weighted by Crippen LogP contribution is 2.50. The Morgan fingerprint density at radius 1 is 1.24 bits per heavy atom. The maximum absolute atomic E-state index is 12.1. The van der Waals surface area contributed by atoms with Gasteiger partial charge in [0.25, 0.3) is 0 Å². The van der Waals surface area contributed by atoms with Crippen molar-refractivity contribution < 1.29 is 9.53 Å². The zero-order valence-electron chi connectivity index (χ0n) is 14.0. The Morgan fingerprint density at radius 2 is 2.04 bits per heavy atom. The molecule has 25 heavy (non-hydrogen) atoms. The molecule has 1 aliphatic carbocycles. The first-order valence-electron chi connectivity index (χ1n) is 8.67. The SMILES string of the molecule is CCOC(=O)c1ccc2c(c1)[C@@H]1C=CC[C@H]1[C@@H](c1ccc(Cl)cc1)N2. The number of carbonyl (C=O) groups excluding carboxylic acids is 1. The lowest BCUT2D eigenvalue weighted by Crippen LogP contribution is -2.29. The molecular formula is C21H20ClNO2. The second-order valence-electron chi connectivity index (χ2n) is 6.55. The number of benzene rings is 2. The van der Waals surface area contributed by atoms with Crippen LogP contribution in [0.25, 0.3) is 0 Å². The lowest BCUT2D eigenvalue weighted by Gasteiger charge is -2.37. The van der Waals surface area contributed by atoms with Crippen LogP contribution < -0.4 is 5.32 Å². The van der Waals surface area contributed by atoms with E-state index in [1.807, 2.05) is 37.3 Å². The monoisotopic (exact) mass is 353 g/mol. The zero-order valence-corrected chi connectivity index (χ0v) is 14.8. The summed E-state index contributed by atoms with van der Waals surface area (Å²) < 4.78 is 5.14. The molecular weight excluding hydrogens is 334 g/mol. The Hall–Kier alpha value is -2.26. The third-order valence-corrected chi connectivity index (χ3v) is 5.36. The average Bonchev–Trinajstić information content (AvgIpc) is 3.11. The van der Waals surface area contributed by atoms with Gasteiger partial charge < -0.3 is 10.1 Å². The summed E-state index contributed by atoms with van der Waals surface area (Å²) in [5.74, 6) is 0.487. The Labute approximate surface area is 152 Å². The van der Waals surface area contributed by atoms with E-state index in [2.05, 4.69) is 29.6 Å². The van der Waals surface area contributed by atoms with Crippen molar-refractivity contribution in [2.75, 3.05) is 11.9 Å². The van der Waals surface area contributed by atoms with E-state index in [0.29, 0.717) is 24.0 Å². The molecule has 1 aliphatic heterocycles. The smallest absolute Gasteiger partial charge is 0.338 e. The number of hydrogen-bond acceptors (Lipinski definition) is 3. The van der Waals surface area contributed by atoms with Crippen LogP contribution in [0.2, 0.25) is 5.02 Å². The van der Waals surface area contributed by atoms with Gasteiger partial charge in [-0.15, -0.1) is 0 Å². The van der Waals surface area contributed by atoms with E-state index < -0.39 is 0 Å². The standard InChI is InChI=1S/C21H20ClNO2/c1-2-25-21(24)14-8-11-19-18(12-14)16-4-3-5-17(16)20(23-19)13-6-9-15(22)10-7-13/h3-4,6-12,16-17,20,23H,2,5H2,1H3/t16-,17-,20-/m1/s1. The predicted octanol–water partition coefficient (Wildman–Crippen LogP) is 5.34. The lowest BCUT2D eigenvalue weighted by molar-refractivity contribution is 0.0526. The molecule has 3 atom stereocenters. The minimum Gasteiger partial charge on any atom is -0.462 e. The highest BCUT2D eigenvalue weighted by Gasteiger charge is 2.38. The fourth-order valence-corrected chi connectivity index (χ4v) is 4.06. The molecule has 0 unspecified atom stereocenters. The van der Waals surface area contributed by atoms with Crippen molar-refractivity contribution in [2.45, 2.75) is 25.3 Å². The Kier molecular flexibility index (Phi) is 4.26. The number of anilines is 1. The van der Waals surface area contributed by atoms with Crippen LogP contribution in [0.15, 0.2) is 54.6 Å². The second-order valence-corrected chi connectivity index (χ2v) is 6.99. The van der Waals surface area contributed by atoms with Gasteiger partial charge in [0.1, 0.15) is 0 Å². The van der Waals surface area contributed by atoms with Crippen molar-refractivity contribution in [2.24, 2.45) is 5.92 Å². The summed E-state index contributed by atoms with van der Waals surface area (Å²) in [6.45, 7) is 2.21. The normalized spacial score (nSPS) is 23.5. The van der Waals surface area contributed by atoms with E-state index in [4.69, 9.17) is 16.3 Å². The zero-order chi connectivity index (χ0) is 17.4. The van der Waals surface area contributed by atoms with Crippen molar-refractivity contribution in [3.8, 4) is 0 Å². The fourth-order valence-electron chi connectivity index (χ4n) is 3.94. The number of nitrogens with one attached hydrogen (secondary N) is 1. The minimum absolute atomic E-state index is 0.234. The quantitative estimate of drug-likeness (QED) is 0.597. The summed E-state index contributed by atoms with van der Waals surface area (Å²) in [5, 5.41) is 4.42. The highest BCUT2D eigenvalue weighted by atomic mass is 35.5. The maximum Gasteiger partial charge on any atom is 0.338 e. The molecule has 1 heterocycles. The van der Waals surface area contributed by atoms with Crippen LogP contribution in [0.3, 0.4) is 0 Å². The van der Waals surface area contributed by atoms with E-state index in [1.165, 1.54) is 11.1 Å². The molecule has 3 nitrogen and oxygen atoms in total. The Balaban J connectivity index is 1.71. The molecule has 0 spiro atoms. The van der Waals surface area contributed by atoms with Gasteiger partial charge in [-0.2, -0.15) is 0 Å². The fraction of sp³-hybridized carbons (Fsp3) is 0.286. The van der Waals surface area contributed by atoms with Gasteiger partial charge in [-0.25, -0.2) is 4.79 Å². The molecule has 0 fully saturated rings. The van der Waals surface area contributed by atoms with Gasteiger partial charge in [-0.1, -0.05) is 35.9 Å². The van der Waals surface area contributed by atoms with E-state index in [-0.39, 0.29) is 12.0 Å². The number of fused-ring (bicyclic) bond motifs is 3. The topological polar surface area (TPSA) is 38.3 Å². The number of esters is 1. The van der Waals surface area contributed by atoms with Gasteiger partial charge >= 0.3 is 5.97 Å². The number of carbonyl (C=O) groups is 1. The molecule has 0 saturated heterocycles. The van der Waals surface area contributed by atoms with Crippen LogP contribution in [-0.4, -0.2) is 12.6 Å². The molecule has 4 rings (SSSR count). The summed E-state index contributed by atoms with van der Waals surface area (Å²) in [4.78, 5) is 12.1. The summed E-state index contributed by atoms with van der Waals surface area (Å²) in [6, 6.07) is 14.1. The van der Waals surface area contributed by atoms with Crippen molar-refractivity contribution in [1.29, 1.82) is 0 Å². The first kappa shape index (κ1) is 16.2. The molecule has 0 saturated carbocycles. The number of ether oxygens (including phenoxy) is 1. The van der Waals surface area contributed by atoms with Gasteiger partial charge in [-0.3, -0.25) is 0 Å². The first-order valence-corrected chi connectivity index (χ1v) is 9.05. The van der Waals surface area contributed by atoms with Crippen LogP contribution in [0.1, 0.15) is 46.8 Å². The Bertz CT molecular complexity index is 828. The van der Waals surface area contributed by atoms with Gasteiger partial charge in [-0.05, 0) is 60.7 Å². The van der Waals surface area contributed by atoms with Gasteiger partial charge in [0.15, 0.2) is 0 Å². The highest BCUT2D eigenvalue weighted by molar-refractivity contribution is 6.30. The van der Waals surface area contributed by atoms with Crippen LogP contribution in [0.5, 0.6) is 0 Å². The molecule has 128 valence electrons. The molecule has 2 aromatic rings. The lowest BCUT2D eigenvalue weighted by atomic mass is 9.76. The van der Waals surface area contributed by atoms with Crippen LogP contribution >= 0.6 is 11.6 Å². The summed E-state index contributed by atoms with van der Waals surface area (Å²) >= 11 is 6.04. The molecule has 0 aromatic heterocycles. The summed E-state index contributed by atoms with van der Waals surface area (Å²) in [7, 11) is 0. The molecule has 2 aliphatic rings. The van der Waals surface area contributed by atoms with E-state index >= 15 is 0 Å². The molecule has 0 amide bonds. The van der Waals surface area contributed by atoms with Crippen molar-refractivity contribution in [3.63, 3.8) is 0 Å². The minimum atomic E-state index is -0.261. The van der Waals surface area contributed by atoms with E-state index in [1.54, 1.807) is 0 Å². The van der Waals surface area contributed by atoms with Gasteiger partial charge in [0, 0.05) is 16.6 Å². The van der Waals surface area contributed by atoms with Crippen molar-refractivity contribution >= 4 is 23.3 Å². The molecule has 4 heteroatoms. The molecule has 0 bridgehead atoms. The van der Waals surface area contributed by atoms with Crippen LogP contribution in [-0.2, 0) is 4.74 Å². The van der Waals surface area contributed by atoms with Crippen LogP contribution in [0.4, 0.5) is 5.69 Å². The molecule has 0 radical (unpaired) electrons. The third-order valence-electron chi connectivity index (χ3n) is 5.10. The number of rotatable bonds is 3. The summed E-state index contributed by atoms with van der Waals surface area (Å²) in [5.41, 5.74) is 4.12. The van der Waals surface area contributed by atoms with Gasteiger partial charge in [0.05, 0.1) is 18.2 Å². The number of hydrogen-bond donors (Lipinski definition) is 1. The number of allylic oxidation sites excluding steroid dienone is 2. The average molecular weight is 354 g/mol.